The van der Waals surface area contributed by atoms with Crippen molar-refractivity contribution in [3.05, 3.63) is 23.8 Å². The van der Waals surface area contributed by atoms with Gasteiger partial charge in [0.25, 0.3) is 0 Å². The van der Waals surface area contributed by atoms with Crippen molar-refractivity contribution in [3.8, 4) is 11.5 Å². The average Bonchev–Trinajstić information content (AvgIpc) is 2.90. The third-order valence-electron chi connectivity index (χ3n) is 4.32. The molecule has 25 heavy (non-hydrogen) atoms. The Bertz CT molecular complexity index is 569. The maximum Gasteiger partial charge on any atom is 0.414 e. The van der Waals surface area contributed by atoms with E-state index in [0.29, 0.717) is 6.79 Å². The number of ether oxygens (including phenoxy) is 2. The summed E-state index contributed by atoms with van der Waals surface area (Å²) < 4.78 is 10.7. The van der Waals surface area contributed by atoms with Crippen LogP contribution in [-0.4, -0.2) is 41.5 Å². The number of rotatable bonds is 4. The molecule has 7 heteroatoms. The van der Waals surface area contributed by atoms with Crippen LogP contribution in [0.4, 0.5) is 0 Å². The third-order valence-corrected chi connectivity index (χ3v) is 4.32. The zero-order valence-corrected chi connectivity index (χ0v) is 14.2. The van der Waals surface area contributed by atoms with Gasteiger partial charge in [-0.05, 0) is 43.5 Å². The van der Waals surface area contributed by atoms with Crippen LogP contribution in [0.3, 0.4) is 0 Å². The molecular weight excluding hydrogens is 326 g/mol. The Morgan fingerprint density at radius 1 is 1.00 bits per heavy atom. The van der Waals surface area contributed by atoms with Gasteiger partial charge < -0.3 is 25.0 Å². The summed E-state index contributed by atoms with van der Waals surface area (Å²) in [4.78, 5) is 18.2. The van der Waals surface area contributed by atoms with Crippen molar-refractivity contribution in [2.45, 2.75) is 51.0 Å². The third kappa shape index (κ3) is 6.62. The number of carboxylic acid groups (broad SMARTS) is 2. The Morgan fingerprint density at radius 2 is 1.64 bits per heavy atom. The number of fused-ring (bicyclic) bond motifs is 1. The summed E-state index contributed by atoms with van der Waals surface area (Å²) in [6.07, 6.45) is 9.37. The summed E-state index contributed by atoms with van der Waals surface area (Å²) in [6, 6.07) is 7.00. The van der Waals surface area contributed by atoms with E-state index in [1.165, 1.54) is 44.1 Å². The molecule has 0 atom stereocenters. The van der Waals surface area contributed by atoms with Crippen molar-refractivity contribution >= 4 is 11.9 Å². The highest BCUT2D eigenvalue weighted by Gasteiger charge is 2.14. The van der Waals surface area contributed by atoms with Crippen molar-refractivity contribution in [3.63, 3.8) is 0 Å². The fraction of sp³-hybridized carbons (Fsp3) is 0.556. The molecule has 0 spiro atoms. The summed E-state index contributed by atoms with van der Waals surface area (Å²) in [5, 5.41) is 18.5. The fourth-order valence-electron chi connectivity index (χ4n) is 3.00. The highest BCUT2D eigenvalue weighted by atomic mass is 16.7. The van der Waals surface area contributed by atoms with Crippen molar-refractivity contribution in [2.75, 3.05) is 13.3 Å². The number of benzene rings is 1. The van der Waals surface area contributed by atoms with E-state index in [-0.39, 0.29) is 0 Å². The fourth-order valence-corrected chi connectivity index (χ4v) is 3.00. The molecule has 138 valence electrons. The van der Waals surface area contributed by atoms with Crippen molar-refractivity contribution < 1.29 is 29.3 Å². The van der Waals surface area contributed by atoms with E-state index in [1.54, 1.807) is 0 Å². The van der Waals surface area contributed by atoms with Crippen LogP contribution in [0, 0.1) is 0 Å². The van der Waals surface area contributed by atoms with E-state index in [1.807, 2.05) is 6.07 Å². The van der Waals surface area contributed by atoms with Gasteiger partial charge >= 0.3 is 11.9 Å². The van der Waals surface area contributed by atoms with Crippen LogP contribution in [-0.2, 0) is 16.0 Å². The van der Waals surface area contributed by atoms with Gasteiger partial charge in [0.1, 0.15) is 0 Å². The Labute approximate surface area is 146 Å². The minimum Gasteiger partial charge on any atom is -0.473 e. The van der Waals surface area contributed by atoms with E-state index in [9.17, 15) is 0 Å². The van der Waals surface area contributed by atoms with Crippen LogP contribution in [0.1, 0.15) is 44.1 Å². The minimum absolute atomic E-state index is 0.360. The standard InChI is InChI=1S/C16H23NO2.C2H2O4/c1-2-4-6-14(5-3-1)17-10-9-13-7-8-15-16(11-13)19-12-18-15;3-1(4)2(5)6/h7-8,11,14,17H,1-6,9-10,12H2;(H,3,4)(H,5,6). The lowest BCUT2D eigenvalue weighted by Crippen LogP contribution is -2.30. The molecule has 3 N–H and O–H groups in total. The number of carboxylic acids is 2. The van der Waals surface area contributed by atoms with Gasteiger partial charge in [-0.15, -0.1) is 0 Å². The smallest absolute Gasteiger partial charge is 0.414 e. The maximum atomic E-state index is 9.10. The molecule has 1 saturated carbocycles. The molecule has 7 nitrogen and oxygen atoms in total. The van der Waals surface area contributed by atoms with E-state index in [2.05, 4.69) is 17.4 Å². The SMILES string of the molecule is O=C(O)C(=O)O.c1cc2c(cc1CCNC1CCCCCC1)OCO2. The molecule has 0 saturated heterocycles. The van der Waals surface area contributed by atoms with Gasteiger partial charge in [-0.25, -0.2) is 9.59 Å². The predicted molar refractivity (Wildman–Crippen MR) is 91.0 cm³/mol. The number of nitrogens with one attached hydrogen (secondary N) is 1. The van der Waals surface area contributed by atoms with Gasteiger partial charge in [-0.2, -0.15) is 0 Å². The van der Waals surface area contributed by atoms with Crippen molar-refractivity contribution in [1.29, 1.82) is 0 Å². The highest BCUT2D eigenvalue weighted by Crippen LogP contribution is 2.32. The number of aliphatic carboxylic acids is 2. The van der Waals surface area contributed by atoms with Gasteiger partial charge in [0.05, 0.1) is 0 Å². The zero-order valence-electron chi connectivity index (χ0n) is 14.2. The van der Waals surface area contributed by atoms with Crippen LogP contribution >= 0.6 is 0 Å². The van der Waals surface area contributed by atoms with E-state index in [4.69, 9.17) is 29.3 Å². The van der Waals surface area contributed by atoms with Crippen molar-refractivity contribution in [1.82, 2.24) is 5.32 Å². The van der Waals surface area contributed by atoms with Gasteiger partial charge in [0.2, 0.25) is 6.79 Å². The number of hydrogen-bond acceptors (Lipinski definition) is 5. The first kappa shape index (κ1) is 19.1. The molecule has 2 aliphatic rings. The van der Waals surface area contributed by atoms with Gasteiger partial charge in [0, 0.05) is 6.04 Å². The lowest BCUT2D eigenvalue weighted by molar-refractivity contribution is -0.159. The number of hydrogen-bond donors (Lipinski definition) is 3. The quantitative estimate of drug-likeness (QED) is 0.565. The summed E-state index contributed by atoms with van der Waals surface area (Å²) in [5.41, 5.74) is 1.32. The normalized spacial score (nSPS) is 16.5. The van der Waals surface area contributed by atoms with Crippen LogP contribution in [0.15, 0.2) is 18.2 Å². The molecule has 1 heterocycles. The highest BCUT2D eigenvalue weighted by molar-refractivity contribution is 6.27. The summed E-state index contributed by atoms with van der Waals surface area (Å²) in [6.45, 7) is 1.42. The minimum atomic E-state index is -1.82. The topological polar surface area (TPSA) is 105 Å². The molecular formula is C18H25NO6. The lowest BCUT2D eigenvalue weighted by Gasteiger charge is -2.16. The second-order valence-electron chi connectivity index (χ2n) is 6.19. The first-order chi connectivity index (χ1) is 12.1. The summed E-state index contributed by atoms with van der Waals surface area (Å²) in [5.74, 6) is -1.88. The number of carbonyl (C=O) groups is 2. The van der Waals surface area contributed by atoms with E-state index in [0.717, 1.165) is 30.5 Å². The first-order valence-corrected chi connectivity index (χ1v) is 8.64. The van der Waals surface area contributed by atoms with Crippen molar-refractivity contribution in [2.24, 2.45) is 0 Å². The molecule has 1 fully saturated rings. The molecule has 0 aromatic heterocycles. The molecule has 0 radical (unpaired) electrons. The van der Waals surface area contributed by atoms with Gasteiger partial charge in [-0.1, -0.05) is 31.7 Å². The van der Waals surface area contributed by atoms with Crippen LogP contribution in [0.5, 0.6) is 11.5 Å². The molecule has 0 amide bonds. The molecule has 1 aliphatic heterocycles. The summed E-state index contributed by atoms with van der Waals surface area (Å²) in [7, 11) is 0. The van der Waals surface area contributed by atoms with Crippen LogP contribution < -0.4 is 14.8 Å². The predicted octanol–water partition coefficient (Wildman–Crippen LogP) is 2.43. The lowest BCUT2D eigenvalue weighted by atomic mass is 10.1. The Morgan fingerprint density at radius 3 is 2.28 bits per heavy atom. The average molecular weight is 351 g/mol. The zero-order chi connectivity index (χ0) is 18.1. The molecule has 3 rings (SSSR count). The largest absolute Gasteiger partial charge is 0.473 e. The maximum absolute atomic E-state index is 9.10. The van der Waals surface area contributed by atoms with E-state index < -0.39 is 11.9 Å². The molecule has 1 aliphatic carbocycles. The Kier molecular flexibility index (Phi) is 7.53. The molecule has 1 aromatic carbocycles. The molecule has 0 unspecified atom stereocenters. The van der Waals surface area contributed by atoms with Gasteiger partial charge in [0.15, 0.2) is 11.5 Å². The summed E-state index contributed by atoms with van der Waals surface area (Å²) >= 11 is 0. The second kappa shape index (κ2) is 9.88. The second-order valence-corrected chi connectivity index (χ2v) is 6.19. The molecule has 0 bridgehead atoms. The monoisotopic (exact) mass is 351 g/mol. The van der Waals surface area contributed by atoms with E-state index >= 15 is 0 Å². The Balaban J connectivity index is 0.000000326. The molecule has 1 aromatic rings. The van der Waals surface area contributed by atoms with Crippen LogP contribution in [0.2, 0.25) is 0 Å². The first-order valence-electron chi connectivity index (χ1n) is 8.64. The van der Waals surface area contributed by atoms with Gasteiger partial charge in [-0.3, -0.25) is 0 Å². The Hall–Kier alpha value is -2.28. The van der Waals surface area contributed by atoms with Crippen LogP contribution in [0.25, 0.3) is 0 Å².